The van der Waals surface area contributed by atoms with Gasteiger partial charge >= 0.3 is 6.09 Å². The number of hydrogen-bond donors (Lipinski definition) is 2. The van der Waals surface area contributed by atoms with Crippen LogP contribution in [0.2, 0.25) is 0 Å². The van der Waals surface area contributed by atoms with Crippen LogP contribution in [-0.2, 0) is 4.74 Å². The third-order valence-electron chi connectivity index (χ3n) is 2.72. The minimum Gasteiger partial charge on any atom is -0.452 e. The van der Waals surface area contributed by atoms with Gasteiger partial charge < -0.3 is 4.74 Å². The number of hydrogen-bond acceptors (Lipinski definition) is 4. The van der Waals surface area contributed by atoms with Gasteiger partial charge in [-0.25, -0.2) is 14.6 Å². The predicted octanol–water partition coefficient (Wildman–Crippen LogP) is 1.92. The lowest BCUT2D eigenvalue weighted by molar-refractivity contribution is 0.168. The van der Waals surface area contributed by atoms with Gasteiger partial charge in [0.15, 0.2) is 0 Å². The van der Waals surface area contributed by atoms with Crippen molar-refractivity contribution in [3.63, 3.8) is 0 Å². The van der Waals surface area contributed by atoms with Crippen LogP contribution in [0.1, 0.15) is 24.4 Å². The second-order valence-electron chi connectivity index (χ2n) is 3.92. The molecule has 1 aliphatic heterocycles. The second kappa shape index (κ2) is 5.48. The molecular weight excluding hydrogens is 237 g/mol. The molecule has 1 aromatic carbocycles. The minimum absolute atomic E-state index is 0.00699. The van der Waals surface area contributed by atoms with E-state index in [0.29, 0.717) is 5.84 Å². The largest absolute Gasteiger partial charge is 0.452 e. The summed E-state index contributed by atoms with van der Waals surface area (Å²) in [5.41, 5.74) is 6.01. The predicted molar refractivity (Wildman–Crippen MR) is 64.5 cm³/mol. The van der Waals surface area contributed by atoms with E-state index in [1.54, 1.807) is 12.1 Å². The number of carbonyl (C=O) groups is 1. The number of ether oxygens (including phenoxy) is 1. The average Bonchev–Trinajstić information content (AvgIpc) is 2.85. The second-order valence-corrected chi connectivity index (χ2v) is 3.92. The fourth-order valence-electron chi connectivity index (χ4n) is 1.79. The Morgan fingerprint density at radius 3 is 2.83 bits per heavy atom. The Bertz CT molecular complexity index is 459. The molecule has 1 aromatic rings. The summed E-state index contributed by atoms with van der Waals surface area (Å²) in [6.07, 6.45) is 0.992. The maximum absolute atomic E-state index is 12.8. The zero-order valence-corrected chi connectivity index (χ0v) is 9.94. The highest BCUT2D eigenvalue weighted by atomic mass is 19.1. The van der Waals surface area contributed by atoms with Crippen molar-refractivity contribution in [3.8, 4) is 0 Å². The molecule has 1 heterocycles. The van der Waals surface area contributed by atoms with Gasteiger partial charge in [0.1, 0.15) is 11.7 Å². The molecule has 18 heavy (non-hydrogen) atoms. The summed E-state index contributed by atoms with van der Waals surface area (Å²) in [5.74, 6) is 0.432. The molecule has 2 N–H and O–H groups in total. The number of carbonyl (C=O) groups excluding carboxylic acids is 1. The third kappa shape index (κ3) is 2.97. The van der Waals surface area contributed by atoms with Crippen molar-refractivity contribution < 1.29 is 13.9 Å². The third-order valence-corrected chi connectivity index (χ3v) is 2.72. The van der Waals surface area contributed by atoms with Crippen LogP contribution < -0.4 is 10.9 Å². The van der Waals surface area contributed by atoms with Crippen molar-refractivity contribution in [2.45, 2.75) is 18.9 Å². The molecule has 0 aliphatic carbocycles. The molecule has 6 heteroatoms. The van der Waals surface area contributed by atoms with Crippen LogP contribution >= 0.6 is 0 Å². The van der Waals surface area contributed by atoms with Gasteiger partial charge in [-0.15, -0.1) is 0 Å². The Morgan fingerprint density at radius 1 is 1.44 bits per heavy atom. The van der Waals surface area contributed by atoms with Gasteiger partial charge in [0.2, 0.25) is 0 Å². The van der Waals surface area contributed by atoms with E-state index in [9.17, 15) is 9.18 Å². The highest BCUT2D eigenvalue weighted by Crippen LogP contribution is 2.28. The highest BCUT2D eigenvalue weighted by molar-refractivity contribution is 5.85. The zero-order valence-electron chi connectivity index (χ0n) is 9.94. The monoisotopic (exact) mass is 251 g/mol. The summed E-state index contributed by atoms with van der Waals surface area (Å²) >= 11 is 0. The van der Waals surface area contributed by atoms with Crippen molar-refractivity contribution in [3.05, 3.63) is 35.6 Å². The smallest absolute Gasteiger partial charge is 0.425 e. The Morgan fingerprint density at radius 2 is 2.17 bits per heavy atom. The minimum atomic E-state index is -0.567. The number of benzene rings is 1. The van der Waals surface area contributed by atoms with E-state index >= 15 is 0 Å². The fourth-order valence-corrected chi connectivity index (χ4v) is 1.79. The number of amidine groups is 1. The molecule has 0 fully saturated rings. The van der Waals surface area contributed by atoms with Gasteiger partial charge in [-0.3, -0.25) is 10.4 Å². The number of nitrogens with zero attached hydrogens (tertiary/aromatic N) is 1. The van der Waals surface area contributed by atoms with E-state index in [4.69, 9.17) is 0 Å². The van der Waals surface area contributed by atoms with Crippen molar-refractivity contribution in [1.82, 2.24) is 10.9 Å². The molecule has 1 unspecified atom stereocenters. The first kappa shape index (κ1) is 12.3. The van der Waals surface area contributed by atoms with Crippen molar-refractivity contribution in [2.75, 3.05) is 7.11 Å². The van der Waals surface area contributed by atoms with Crippen LogP contribution in [0.15, 0.2) is 29.3 Å². The number of aliphatic imine (C=N–C) groups is 1. The topological polar surface area (TPSA) is 62.7 Å². The first-order chi connectivity index (χ1) is 8.69. The van der Waals surface area contributed by atoms with Crippen LogP contribution in [0.4, 0.5) is 9.18 Å². The lowest BCUT2D eigenvalue weighted by atomic mass is 10.1. The molecule has 0 aromatic heterocycles. The number of amides is 1. The Hall–Kier alpha value is -2.11. The zero-order chi connectivity index (χ0) is 13.0. The average molecular weight is 251 g/mol. The molecular formula is C12H14FN3O2. The van der Waals surface area contributed by atoms with Crippen molar-refractivity contribution in [2.24, 2.45) is 4.99 Å². The lowest BCUT2D eigenvalue weighted by Gasteiger charge is -2.06. The normalized spacial score (nSPS) is 18.1. The number of halogens is 1. The lowest BCUT2D eigenvalue weighted by Crippen LogP contribution is -2.40. The van der Waals surface area contributed by atoms with Gasteiger partial charge in [-0.05, 0) is 24.1 Å². The van der Waals surface area contributed by atoms with Gasteiger partial charge in [-0.1, -0.05) is 12.1 Å². The first-order valence-electron chi connectivity index (χ1n) is 5.61. The number of nitrogens with one attached hydrogen (secondary N) is 2. The number of methoxy groups -OCH3 is 1. The van der Waals surface area contributed by atoms with Gasteiger partial charge in [0, 0.05) is 6.42 Å². The highest BCUT2D eigenvalue weighted by Gasteiger charge is 2.19. The molecule has 0 spiro atoms. The standard InChI is InChI=1S/C12H14FN3O2/c1-18-12(17)16-15-11-7-6-10(14-11)8-2-4-9(13)5-3-8/h2-5,10H,6-7H2,1H3,(H,14,15)(H,16,17). The molecule has 1 aliphatic rings. The fraction of sp³-hybridized carbons (Fsp3) is 0.333. The Kier molecular flexibility index (Phi) is 3.76. The van der Waals surface area contributed by atoms with Crippen LogP contribution in [0.25, 0.3) is 0 Å². The van der Waals surface area contributed by atoms with Crippen LogP contribution in [0.3, 0.4) is 0 Å². The molecule has 0 bridgehead atoms. The maximum Gasteiger partial charge on any atom is 0.425 e. The van der Waals surface area contributed by atoms with E-state index in [0.717, 1.165) is 18.4 Å². The Balaban J connectivity index is 1.95. The summed E-state index contributed by atoms with van der Waals surface area (Å²) in [6, 6.07) is 6.29. The summed E-state index contributed by atoms with van der Waals surface area (Å²) in [4.78, 5) is 15.3. The molecule has 0 saturated heterocycles. The van der Waals surface area contributed by atoms with E-state index in [1.807, 2.05) is 0 Å². The molecule has 0 saturated carbocycles. The summed E-state index contributed by atoms with van der Waals surface area (Å²) < 4.78 is 17.2. The number of hydrazine groups is 1. The Labute approximate surface area is 104 Å². The van der Waals surface area contributed by atoms with Gasteiger partial charge in [0.25, 0.3) is 0 Å². The molecule has 5 nitrogen and oxygen atoms in total. The van der Waals surface area contributed by atoms with E-state index < -0.39 is 6.09 Å². The molecule has 1 atom stereocenters. The van der Waals surface area contributed by atoms with Crippen LogP contribution in [0.5, 0.6) is 0 Å². The molecule has 96 valence electrons. The molecule has 0 radical (unpaired) electrons. The summed E-state index contributed by atoms with van der Waals surface area (Å²) in [7, 11) is 1.29. The van der Waals surface area contributed by atoms with Crippen LogP contribution in [-0.4, -0.2) is 19.0 Å². The summed E-state index contributed by atoms with van der Waals surface area (Å²) in [6.45, 7) is 0. The van der Waals surface area contributed by atoms with E-state index in [1.165, 1.54) is 19.2 Å². The van der Waals surface area contributed by atoms with E-state index in [2.05, 4.69) is 20.6 Å². The SMILES string of the molecule is COC(=O)NNC1=NC(c2ccc(F)cc2)CC1. The van der Waals surface area contributed by atoms with Gasteiger partial charge in [0.05, 0.1) is 13.2 Å². The molecule has 2 rings (SSSR count). The maximum atomic E-state index is 12.8. The quantitative estimate of drug-likeness (QED) is 0.749. The van der Waals surface area contributed by atoms with Crippen LogP contribution in [0, 0.1) is 5.82 Å². The number of rotatable bonds is 1. The van der Waals surface area contributed by atoms with Crippen molar-refractivity contribution >= 4 is 11.9 Å². The summed E-state index contributed by atoms with van der Waals surface area (Å²) in [5, 5.41) is 0. The van der Waals surface area contributed by atoms with Gasteiger partial charge in [-0.2, -0.15) is 0 Å². The molecule has 1 amide bonds. The van der Waals surface area contributed by atoms with Crippen molar-refractivity contribution in [1.29, 1.82) is 0 Å². The van der Waals surface area contributed by atoms with E-state index in [-0.39, 0.29) is 11.9 Å². The first-order valence-corrected chi connectivity index (χ1v) is 5.61.